The highest BCUT2D eigenvalue weighted by molar-refractivity contribution is 6.10. The lowest BCUT2D eigenvalue weighted by Gasteiger charge is -2.18. The van der Waals surface area contributed by atoms with Gasteiger partial charge in [-0.15, -0.1) is 0 Å². The van der Waals surface area contributed by atoms with Crippen molar-refractivity contribution in [3.63, 3.8) is 0 Å². The fourth-order valence-corrected chi connectivity index (χ4v) is 4.47. The molecule has 0 radical (unpaired) electrons. The van der Waals surface area contributed by atoms with Crippen molar-refractivity contribution in [3.8, 4) is 0 Å². The Morgan fingerprint density at radius 3 is 1.82 bits per heavy atom. The van der Waals surface area contributed by atoms with Crippen molar-refractivity contribution in [2.24, 2.45) is 7.05 Å². The highest BCUT2D eigenvalue weighted by Gasteiger charge is 2.20. The summed E-state index contributed by atoms with van der Waals surface area (Å²) in [6.07, 6.45) is 2.24. The molecule has 2 heterocycles. The highest BCUT2D eigenvalue weighted by Crippen LogP contribution is 2.22. The Bertz CT molecular complexity index is 1460. The molecule has 1 fully saturated rings. The van der Waals surface area contributed by atoms with Crippen LogP contribution in [0, 0.1) is 0 Å². The number of nitrogens with one attached hydrogen (secondary N) is 2. The fraction of sp³-hybridized carbons (Fsp3) is 0.167. The second-order valence-electron chi connectivity index (χ2n) is 9.33. The van der Waals surface area contributed by atoms with Crippen molar-refractivity contribution >= 4 is 34.7 Å². The van der Waals surface area contributed by atoms with Crippen molar-refractivity contribution in [1.29, 1.82) is 0 Å². The summed E-state index contributed by atoms with van der Waals surface area (Å²) in [5.74, 6) is -0.632. The number of aliphatic hydroxyl groups excluding tert-OH is 1. The Kier molecular flexibility index (Phi) is 7.06. The first-order valence-corrected chi connectivity index (χ1v) is 12.4. The number of β-amino-alcohol motifs (C(OH)–C–C–N with tert-alkyl or cyclic N) is 1. The molecular formula is C30H28N4O4. The summed E-state index contributed by atoms with van der Waals surface area (Å²) in [6.45, 7) is 1.40. The molecule has 8 heteroatoms. The normalized spacial score (nSPS) is 14.8. The van der Waals surface area contributed by atoms with Gasteiger partial charge in [0.25, 0.3) is 11.8 Å². The topological polar surface area (TPSA) is 104 Å². The van der Waals surface area contributed by atoms with Crippen molar-refractivity contribution in [2.75, 3.05) is 28.6 Å². The minimum atomic E-state index is -0.306. The van der Waals surface area contributed by atoms with Gasteiger partial charge in [-0.1, -0.05) is 0 Å². The van der Waals surface area contributed by atoms with Gasteiger partial charge < -0.3 is 25.2 Å². The zero-order valence-corrected chi connectivity index (χ0v) is 20.9. The Morgan fingerprint density at radius 2 is 1.32 bits per heavy atom. The van der Waals surface area contributed by atoms with E-state index in [0.717, 1.165) is 18.7 Å². The first-order chi connectivity index (χ1) is 18.4. The second-order valence-corrected chi connectivity index (χ2v) is 9.33. The lowest BCUT2D eigenvalue weighted by atomic mass is 10.0. The number of hydrogen-bond acceptors (Lipinski definition) is 5. The molecule has 38 heavy (non-hydrogen) atoms. The number of carbonyl (C=O) groups is 3. The summed E-state index contributed by atoms with van der Waals surface area (Å²) >= 11 is 0. The zero-order valence-electron chi connectivity index (χ0n) is 20.9. The number of nitrogens with zero attached hydrogens (tertiary/aromatic N) is 2. The summed E-state index contributed by atoms with van der Waals surface area (Å²) in [5.41, 5.74) is 4.19. The van der Waals surface area contributed by atoms with E-state index in [1.54, 1.807) is 90.6 Å². The minimum absolute atomic E-state index is 0.161. The molecule has 1 saturated heterocycles. The summed E-state index contributed by atoms with van der Waals surface area (Å²) in [6, 6.07) is 24.3. The van der Waals surface area contributed by atoms with Gasteiger partial charge in [0.15, 0.2) is 5.78 Å². The van der Waals surface area contributed by atoms with E-state index in [-0.39, 0.29) is 23.7 Å². The monoisotopic (exact) mass is 508 g/mol. The average Bonchev–Trinajstić information content (AvgIpc) is 3.57. The highest BCUT2D eigenvalue weighted by atomic mass is 16.3. The molecule has 1 aromatic heterocycles. The van der Waals surface area contributed by atoms with Gasteiger partial charge in [-0.25, -0.2) is 0 Å². The number of aryl methyl sites for hydroxylation is 1. The third-order valence-corrected chi connectivity index (χ3v) is 6.64. The van der Waals surface area contributed by atoms with E-state index in [4.69, 9.17) is 0 Å². The van der Waals surface area contributed by atoms with Gasteiger partial charge in [0.05, 0.1) is 6.10 Å². The van der Waals surface area contributed by atoms with Gasteiger partial charge >= 0.3 is 0 Å². The van der Waals surface area contributed by atoms with Crippen LogP contribution in [0.2, 0.25) is 0 Å². The van der Waals surface area contributed by atoms with Crippen molar-refractivity contribution in [3.05, 3.63) is 114 Å². The maximum absolute atomic E-state index is 12.9. The Morgan fingerprint density at radius 1 is 0.763 bits per heavy atom. The molecule has 3 aromatic carbocycles. The molecule has 1 aliphatic heterocycles. The molecule has 192 valence electrons. The molecule has 2 amide bonds. The third kappa shape index (κ3) is 5.50. The summed E-state index contributed by atoms with van der Waals surface area (Å²) < 4.78 is 1.73. The van der Waals surface area contributed by atoms with Gasteiger partial charge in [0, 0.05) is 60.1 Å². The molecule has 0 unspecified atom stereocenters. The van der Waals surface area contributed by atoms with Crippen LogP contribution in [0.25, 0.3) is 0 Å². The van der Waals surface area contributed by atoms with Crippen LogP contribution >= 0.6 is 0 Å². The molecule has 3 N–H and O–H groups in total. The number of hydrogen-bond donors (Lipinski definition) is 3. The maximum atomic E-state index is 12.9. The number of carbonyl (C=O) groups excluding carboxylic acids is 3. The molecule has 4 aromatic rings. The predicted octanol–water partition coefficient (Wildman–Crippen LogP) is 4.33. The molecule has 5 rings (SSSR count). The van der Waals surface area contributed by atoms with Gasteiger partial charge in [0.2, 0.25) is 0 Å². The van der Waals surface area contributed by atoms with Crippen molar-refractivity contribution in [1.82, 2.24) is 4.57 Å². The lowest BCUT2D eigenvalue weighted by Crippen LogP contribution is -2.21. The standard InChI is InChI=1S/C30H28N4O4/c1-33-17-2-3-27(33)30(38)32-24-12-6-21(7-13-24)28(36)20-4-10-23(11-5-20)31-29(37)22-8-14-25(15-9-22)34-18-16-26(35)19-34/h2-15,17,26,35H,16,18-19H2,1H3,(H,31,37)(H,32,38)/t26-/m1/s1. The number of anilines is 3. The molecule has 0 spiro atoms. The van der Waals surface area contributed by atoms with Crippen LogP contribution < -0.4 is 15.5 Å². The van der Waals surface area contributed by atoms with Crippen LogP contribution in [0.1, 0.15) is 43.2 Å². The molecule has 0 bridgehead atoms. The lowest BCUT2D eigenvalue weighted by molar-refractivity contribution is 0.101. The molecule has 1 aliphatic rings. The van der Waals surface area contributed by atoms with Crippen LogP contribution in [0.3, 0.4) is 0 Å². The number of rotatable bonds is 7. The fourth-order valence-electron chi connectivity index (χ4n) is 4.47. The van der Waals surface area contributed by atoms with E-state index in [0.29, 0.717) is 40.3 Å². The number of amides is 2. The van der Waals surface area contributed by atoms with E-state index in [2.05, 4.69) is 15.5 Å². The van der Waals surface area contributed by atoms with Crippen LogP contribution in [0.5, 0.6) is 0 Å². The maximum Gasteiger partial charge on any atom is 0.272 e. The average molecular weight is 509 g/mol. The number of aromatic nitrogens is 1. The second kappa shape index (κ2) is 10.7. The first kappa shape index (κ1) is 25.0. The largest absolute Gasteiger partial charge is 0.391 e. The minimum Gasteiger partial charge on any atom is -0.391 e. The van der Waals surface area contributed by atoms with Crippen molar-refractivity contribution < 1.29 is 19.5 Å². The van der Waals surface area contributed by atoms with E-state index in [9.17, 15) is 19.5 Å². The van der Waals surface area contributed by atoms with Crippen LogP contribution in [-0.2, 0) is 7.05 Å². The Balaban J connectivity index is 1.18. The van der Waals surface area contributed by atoms with Crippen molar-refractivity contribution in [2.45, 2.75) is 12.5 Å². The summed E-state index contributed by atoms with van der Waals surface area (Å²) in [5, 5.41) is 15.4. The summed E-state index contributed by atoms with van der Waals surface area (Å²) in [4.78, 5) is 40.1. The number of ketones is 1. The van der Waals surface area contributed by atoms with Gasteiger partial charge in [-0.3, -0.25) is 14.4 Å². The smallest absolute Gasteiger partial charge is 0.272 e. The molecule has 0 aliphatic carbocycles. The van der Waals surface area contributed by atoms with Crippen LogP contribution in [-0.4, -0.2) is 46.5 Å². The predicted molar refractivity (Wildman–Crippen MR) is 147 cm³/mol. The van der Waals surface area contributed by atoms with E-state index >= 15 is 0 Å². The molecular weight excluding hydrogens is 480 g/mol. The number of aliphatic hydroxyl groups is 1. The van der Waals surface area contributed by atoms with Gasteiger partial charge in [0.1, 0.15) is 5.69 Å². The molecule has 1 atom stereocenters. The van der Waals surface area contributed by atoms with E-state index < -0.39 is 0 Å². The summed E-state index contributed by atoms with van der Waals surface area (Å²) in [7, 11) is 1.80. The first-order valence-electron chi connectivity index (χ1n) is 12.4. The quantitative estimate of drug-likeness (QED) is 0.323. The van der Waals surface area contributed by atoms with E-state index in [1.165, 1.54) is 0 Å². The SMILES string of the molecule is Cn1cccc1C(=O)Nc1ccc(C(=O)c2ccc(NC(=O)c3ccc(N4CC[C@@H](O)C4)cc3)cc2)cc1. The van der Waals surface area contributed by atoms with Crippen LogP contribution in [0.4, 0.5) is 17.1 Å². The molecule has 8 nitrogen and oxygen atoms in total. The zero-order chi connectivity index (χ0) is 26.6. The molecule has 0 saturated carbocycles. The van der Waals surface area contributed by atoms with Gasteiger partial charge in [-0.05, 0) is 91.3 Å². The Hall–Kier alpha value is -4.69. The van der Waals surface area contributed by atoms with Crippen LogP contribution in [0.15, 0.2) is 91.1 Å². The Labute approximate surface area is 220 Å². The van der Waals surface area contributed by atoms with E-state index in [1.807, 2.05) is 12.1 Å². The number of benzene rings is 3. The third-order valence-electron chi connectivity index (χ3n) is 6.64. The van der Waals surface area contributed by atoms with Gasteiger partial charge in [-0.2, -0.15) is 0 Å².